The van der Waals surface area contributed by atoms with E-state index in [-0.39, 0.29) is 0 Å². The van der Waals surface area contributed by atoms with Gasteiger partial charge in [0, 0.05) is 18.5 Å². The summed E-state index contributed by atoms with van der Waals surface area (Å²) in [6.45, 7) is 2.02. The Balaban J connectivity index is 2.90. The molecule has 0 aromatic carbocycles. The zero-order chi connectivity index (χ0) is 8.97. The lowest BCUT2D eigenvalue weighted by molar-refractivity contribution is 1.16. The lowest BCUT2D eigenvalue weighted by Crippen LogP contribution is -1.95. The van der Waals surface area contributed by atoms with Crippen molar-refractivity contribution in [2.45, 2.75) is 12.7 Å². The van der Waals surface area contributed by atoms with Crippen molar-refractivity contribution < 1.29 is 0 Å². The van der Waals surface area contributed by atoms with Crippen molar-refractivity contribution in [2.75, 3.05) is 18.6 Å². The lowest BCUT2D eigenvalue weighted by atomic mass is 10.2. The molecule has 3 heteroatoms. The number of nitrogens with zero attached hydrogens (tertiary/aromatic N) is 1. The Bertz CT molecular complexity index is 261. The average Bonchev–Trinajstić information content (AvgIpc) is 2.04. The number of rotatable bonds is 3. The van der Waals surface area contributed by atoms with Crippen LogP contribution in [0, 0.1) is 6.92 Å². The fourth-order valence-electron chi connectivity index (χ4n) is 1.12. The van der Waals surface area contributed by atoms with Gasteiger partial charge in [-0.2, -0.15) is 11.8 Å². The molecule has 0 saturated heterocycles. The third kappa shape index (κ3) is 2.41. The first kappa shape index (κ1) is 9.39. The number of anilines is 1. The van der Waals surface area contributed by atoms with Crippen molar-refractivity contribution >= 4 is 17.6 Å². The maximum Gasteiger partial charge on any atom is 0.126 e. The molecule has 1 heterocycles. The highest BCUT2D eigenvalue weighted by Crippen LogP contribution is 2.14. The molecule has 0 bridgehead atoms. The predicted octanol–water partition coefficient (Wildman–Crippen LogP) is 2.29. The molecule has 66 valence electrons. The Morgan fingerprint density at radius 3 is 2.83 bits per heavy atom. The molecule has 0 aliphatic carbocycles. The van der Waals surface area contributed by atoms with Crippen LogP contribution in [0.25, 0.3) is 0 Å². The van der Waals surface area contributed by atoms with Gasteiger partial charge in [0.05, 0.1) is 0 Å². The van der Waals surface area contributed by atoms with Gasteiger partial charge in [-0.3, -0.25) is 0 Å². The number of hydrogen-bond donors (Lipinski definition) is 1. The minimum absolute atomic E-state index is 0.957. The Kier molecular flexibility index (Phi) is 3.41. The first-order valence-corrected chi connectivity index (χ1v) is 5.30. The van der Waals surface area contributed by atoms with Crippen LogP contribution in [0.4, 0.5) is 5.82 Å². The van der Waals surface area contributed by atoms with Gasteiger partial charge in [0.15, 0.2) is 0 Å². The van der Waals surface area contributed by atoms with Crippen LogP contribution < -0.4 is 5.32 Å². The summed E-state index contributed by atoms with van der Waals surface area (Å²) in [6, 6.07) is 4.21. The fourth-order valence-corrected chi connectivity index (χ4v) is 1.62. The second-order valence-electron chi connectivity index (χ2n) is 2.69. The van der Waals surface area contributed by atoms with E-state index in [0.717, 1.165) is 17.3 Å². The maximum atomic E-state index is 4.31. The van der Waals surface area contributed by atoms with Gasteiger partial charge in [-0.05, 0) is 30.9 Å². The molecule has 0 aliphatic heterocycles. The highest BCUT2D eigenvalue weighted by Gasteiger charge is 1.97. The Labute approximate surface area is 77.8 Å². The van der Waals surface area contributed by atoms with Crippen LogP contribution in [0.2, 0.25) is 0 Å². The fraction of sp³-hybridized carbons (Fsp3) is 0.444. The summed E-state index contributed by atoms with van der Waals surface area (Å²) < 4.78 is 0. The molecule has 1 N–H and O–H groups in total. The van der Waals surface area contributed by atoms with Crippen molar-refractivity contribution in [3.8, 4) is 0 Å². The largest absolute Gasteiger partial charge is 0.373 e. The maximum absolute atomic E-state index is 4.31. The van der Waals surface area contributed by atoms with Crippen LogP contribution in [0.5, 0.6) is 0 Å². The predicted molar refractivity (Wildman–Crippen MR) is 55.7 cm³/mol. The van der Waals surface area contributed by atoms with E-state index in [4.69, 9.17) is 0 Å². The van der Waals surface area contributed by atoms with Gasteiger partial charge in [-0.25, -0.2) is 4.98 Å². The van der Waals surface area contributed by atoms with E-state index in [9.17, 15) is 0 Å². The molecule has 1 aromatic rings. The molecule has 1 aromatic heterocycles. The summed E-state index contributed by atoms with van der Waals surface area (Å²) >= 11 is 1.83. The van der Waals surface area contributed by atoms with Crippen LogP contribution in [0.15, 0.2) is 12.1 Å². The van der Waals surface area contributed by atoms with Gasteiger partial charge in [-0.1, -0.05) is 0 Å². The number of pyridine rings is 1. The number of aryl methyl sites for hydroxylation is 1. The molecule has 0 unspecified atom stereocenters. The Hall–Kier alpha value is -0.700. The standard InChI is InChI=1S/C9H14N2S/c1-7-4-8(6-12-3)5-9(10-2)11-7/h4-5H,6H2,1-3H3,(H,10,11). The van der Waals surface area contributed by atoms with Gasteiger partial charge in [-0.15, -0.1) is 0 Å². The molecule has 0 spiro atoms. The Morgan fingerprint density at radius 2 is 2.25 bits per heavy atom. The minimum atomic E-state index is 0.957. The molecule has 1 rings (SSSR count). The van der Waals surface area contributed by atoms with Crippen molar-refractivity contribution in [1.29, 1.82) is 0 Å². The molecular formula is C9H14N2S. The smallest absolute Gasteiger partial charge is 0.126 e. The van der Waals surface area contributed by atoms with Crippen molar-refractivity contribution in [3.05, 3.63) is 23.4 Å². The average molecular weight is 182 g/mol. The zero-order valence-electron chi connectivity index (χ0n) is 7.72. The van der Waals surface area contributed by atoms with E-state index in [1.54, 1.807) is 0 Å². The summed E-state index contributed by atoms with van der Waals surface area (Å²) in [5.74, 6) is 2.01. The van der Waals surface area contributed by atoms with E-state index < -0.39 is 0 Å². The van der Waals surface area contributed by atoms with Gasteiger partial charge in [0.2, 0.25) is 0 Å². The SMILES string of the molecule is CNc1cc(CSC)cc(C)n1. The second-order valence-corrected chi connectivity index (χ2v) is 3.55. The summed E-state index contributed by atoms with van der Waals surface area (Å²) in [4.78, 5) is 4.31. The highest BCUT2D eigenvalue weighted by atomic mass is 32.2. The molecule has 12 heavy (non-hydrogen) atoms. The lowest BCUT2D eigenvalue weighted by Gasteiger charge is -2.04. The monoisotopic (exact) mass is 182 g/mol. The molecule has 0 aliphatic rings. The highest BCUT2D eigenvalue weighted by molar-refractivity contribution is 7.97. The van der Waals surface area contributed by atoms with Crippen molar-refractivity contribution in [2.24, 2.45) is 0 Å². The molecule has 0 amide bonds. The number of hydrogen-bond acceptors (Lipinski definition) is 3. The normalized spacial score (nSPS) is 9.92. The van der Waals surface area contributed by atoms with Gasteiger partial charge < -0.3 is 5.32 Å². The number of nitrogens with one attached hydrogen (secondary N) is 1. The molecule has 0 fully saturated rings. The van der Waals surface area contributed by atoms with E-state index >= 15 is 0 Å². The quantitative estimate of drug-likeness (QED) is 0.776. The van der Waals surface area contributed by atoms with Crippen LogP contribution in [-0.2, 0) is 5.75 Å². The first-order valence-electron chi connectivity index (χ1n) is 3.90. The van der Waals surface area contributed by atoms with Gasteiger partial charge >= 0.3 is 0 Å². The summed E-state index contributed by atoms with van der Waals surface area (Å²) in [5.41, 5.74) is 2.41. The van der Waals surface area contributed by atoms with Crippen molar-refractivity contribution in [1.82, 2.24) is 4.98 Å². The van der Waals surface area contributed by atoms with Crippen LogP contribution in [0.3, 0.4) is 0 Å². The van der Waals surface area contributed by atoms with E-state index in [1.807, 2.05) is 25.7 Å². The molecule has 0 atom stereocenters. The van der Waals surface area contributed by atoms with E-state index in [0.29, 0.717) is 0 Å². The molecule has 0 saturated carbocycles. The summed E-state index contributed by atoms with van der Waals surface area (Å²) in [6.07, 6.45) is 2.11. The second kappa shape index (κ2) is 4.36. The molecule has 2 nitrogen and oxygen atoms in total. The van der Waals surface area contributed by atoms with E-state index in [2.05, 4.69) is 28.7 Å². The summed E-state index contributed by atoms with van der Waals surface area (Å²) in [7, 11) is 1.89. The third-order valence-corrected chi connectivity index (χ3v) is 2.20. The van der Waals surface area contributed by atoms with Crippen molar-refractivity contribution in [3.63, 3.8) is 0 Å². The van der Waals surface area contributed by atoms with Crippen LogP contribution in [0.1, 0.15) is 11.3 Å². The number of aromatic nitrogens is 1. The topological polar surface area (TPSA) is 24.9 Å². The third-order valence-electron chi connectivity index (χ3n) is 1.58. The Morgan fingerprint density at radius 1 is 1.50 bits per heavy atom. The van der Waals surface area contributed by atoms with Crippen LogP contribution in [-0.4, -0.2) is 18.3 Å². The van der Waals surface area contributed by atoms with Gasteiger partial charge in [0.25, 0.3) is 0 Å². The molecular weight excluding hydrogens is 168 g/mol. The van der Waals surface area contributed by atoms with Gasteiger partial charge in [0.1, 0.15) is 5.82 Å². The first-order chi connectivity index (χ1) is 5.76. The zero-order valence-corrected chi connectivity index (χ0v) is 8.53. The van der Waals surface area contributed by atoms with Crippen LogP contribution >= 0.6 is 11.8 Å². The van der Waals surface area contributed by atoms with E-state index in [1.165, 1.54) is 5.56 Å². The minimum Gasteiger partial charge on any atom is -0.373 e. The number of thioether (sulfide) groups is 1. The summed E-state index contributed by atoms with van der Waals surface area (Å²) in [5, 5.41) is 3.05. The molecule has 0 radical (unpaired) electrons.